The molecular formula is C59H55ClF4N12O7V. The monoisotopic (exact) mass is 1210 g/mol. The van der Waals surface area contributed by atoms with Crippen LogP contribution in [0.2, 0.25) is 0 Å². The molecule has 84 heavy (non-hydrogen) atoms. The molecule has 1 radical (unpaired) electrons. The number of nitrogens with two attached hydrogens (primary N) is 1. The summed E-state index contributed by atoms with van der Waals surface area (Å²) in [6.45, 7) is 0.819. The largest absolute Gasteiger partial charge is 0.396 e. The molecule has 0 bridgehead atoms. The number of benzene rings is 4. The number of methoxy groups -OCH3 is 2. The van der Waals surface area contributed by atoms with E-state index in [4.69, 9.17) is 22.1 Å². The minimum absolute atomic E-state index is 0. The van der Waals surface area contributed by atoms with Crippen LogP contribution < -0.4 is 32.8 Å². The number of rotatable bonds is 15. The van der Waals surface area contributed by atoms with Crippen LogP contribution in [0.25, 0.3) is 32.8 Å². The number of hydrogen-bond acceptors (Lipinski definition) is 14. The summed E-state index contributed by atoms with van der Waals surface area (Å²) in [5, 5.41) is 9.60. The fourth-order valence-electron chi connectivity index (χ4n) is 8.03. The maximum atomic E-state index is 13.5. The maximum absolute atomic E-state index is 13.5. The smallest absolute Gasteiger partial charge is 0.266 e. The van der Waals surface area contributed by atoms with Gasteiger partial charge in [0.25, 0.3) is 22.9 Å². The molecule has 433 valence electrons. The molecule has 0 atom stereocenters. The van der Waals surface area contributed by atoms with Crippen molar-refractivity contribution in [2.45, 2.75) is 33.4 Å². The van der Waals surface area contributed by atoms with E-state index in [0.29, 0.717) is 48.4 Å². The number of halogens is 5. The molecule has 0 saturated heterocycles. The minimum atomic E-state index is -1.02. The van der Waals surface area contributed by atoms with Crippen LogP contribution in [0.5, 0.6) is 0 Å². The number of amides is 2. The van der Waals surface area contributed by atoms with Gasteiger partial charge in [-0.25, -0.2) is 32.5 Å². The molecule has 0 aliphatic heterocycles. The number of hydrogen-bond donors (Lipinski definition) is 4. The molecule has 9 rings (SSSR count). The van der Waals surface area contributed by atoms with Gasteiger partial charge in [-0.15, -0.1) is 0 Å². The van der Waals surface area contributed by atoms with Gasteiger partial charge < -0.3 is 35.7 Å². The van der Waals surface area contributed by atoms with Crippen LogP contribution >= 0.6 is 11.6 Å². The predicted molar refractivity (Wildman–Crippen MR) is 308 cm³/mol. The first-order valence-corrected chi connectivity index (χ1v) is 25.1. The number of nitrogens with one attached hydrogen (secondary N) is 3. The number of anilines is 2. The molecule has 4 aromatic carbocycles. The molecule has 19 nitrogen and oxygen atoms in total. The van der Waals surface area contributed by atoms with Crippen LogP contribution in [0.3, 0.4) is 0 Å². The van der Waals surface area contributed by atoms with E-state index in [1.807, 2.05) is 41.9 Å². The maximum Gasteiger partial charge on any atom is 0.266 e. The zero-order chi connectivity index (χ0) is 58.9. The van der Waals surface area contributed by atoms with Crippen molar-refractivity contribution < 1.29 is 60.0 Å². The van der Waals surface area contributed by atoms with Crippen LogP contribution in [0.1, 0.15) is 62.6 Å². The zero-order valence-electron chi connectivity index (χ0n) is 44.9. The SMILES string of the molecule is C.CNc1c(N)cnc2ccc(C#CCNC(=O)c3cncn(Cc4ccc(F)c(F)c4)c3=O)cc12.COCCC(=O)Cl.COCCc1nc2cnc3ccc(C#CCNC(=O)c4cncn(Cc5ccc(F)c(F)c5)c4=O)cc3c2n1C.[V]. The van der Waals surface area contributed by atoms with Crippen molar-refractivity contribution in [3.63, 3.8) is 0 Å². The summed E-state index contributed by atoms with van der Waals surface area (Å²) in [5.41, 5.74) is 11.1. The average Bonchev–Trinajstić information content (AvgIpc) is 3.99. The number of nitrogen functional groups attached to an aromatic ring is 1. The van der Waals surface area contributed by atoms with Crippen LogP contribution in [0.15, 0.2) is 120 Å². The van der Waals surface area contributed by atoms with Gasteiger partial charge in [-0.05, 0) is 83.4 Å². The Hall–Kier alpha value is -9.23. The average molecular weight is 1210 g/mol. The van der Waals surface area contributed by atoms with Gasteiger partial charge in [-0.1, -0.05) is 43.2 Å². The van der Waals surface area contributed by atoms with Gasteiger partial charge in [-0.3, -0.25) is 43.1 Å². The molecule has 0 saturated carbocycles. The Morgan fingerprint density at radius 2 is 1.17 bits per heavy atom. The molecule has 0 fully saturated rings. The molecule has 25 heteroatoms. The van der Waals surface area contributed by atoms with E-state index in [9.17, 15) is 41.5 Å². The topological polar surface area (TPSA) is 245 Å². The number of aromatic nitrogens is 8. The van der Waals surface area contributed by atoms with Gasteiger partial charge in [0, 0.05) is 94.0 Å². The molecule has 9 aromatic rings. The molecule has 5 aromatic heterocycles. The fraction of sp³-hybridized carbons (Fsp3) is 0.220. The van der Waals surface area contributed by atoms with Crippen molar-refractivity contribution in [2.24, 2.45) is 7.05 Å². The quantitative estimate of drug-likeness (QED) is 0.0463. The summed E-state index contributed by atoms with van der Waals surface area (Å²) in [5.74, 6) is 7.31. The summed E-state index contributed by atoms with van der Waals surface area (Å²) < 4.78 is 67.4. The van der Waals surface area contributed by atoms with Crippen molar-refractivity contribution in [3.05, 3.63) is 193 Å². The second-order valence-electron chi connectivity index (χ2n) is 17.7. The van der Waals surface area contributed by atoms with Gasteiger partial charge in [0.2, 0.25) is 5.24 Å². The molecular weight excluding hydrogens is 1150 g/mol. The van der Waals surface area contributed by atoms with E-state index < -0.39 is 46.2 Å². The van der Waals surface area contributed by atoms with Gasteiger partial charge >= 0.3 is 0 Å². The third-order valence-corrected chi connectivity index (χ3v) is 12.3. The number of ether oxygens (including phenoxy) is 2. The summed E-state index contributed by atoms with van der Waals surface area (Å²) in [6.07, 6.45) is 9.07. The first-order valence-electron chi connectivity index (χ1n) is 24.8. The molecule has 0 spiro atoms. The number of aryl methyl sites for hydroxylation is 1. The Balaban J connectivity index is 0.000000272. The summed E-state index contributed by atoms with van der Waals surface area (Å²) >= 11 is 4.94. The van der Waals surface area contributed by atoms with Gasteiger partial charge in [0.15, 0.2) is 23.3 Å². The van der Waals surface area contributed by atoms with E-state index in [0.717, 1.165) is 95.7 Å². The number of carbonyl (C=O) groups is 3. The van der Waals surface area contributed by atoms with E-state index in [2.05, 4.69) is 69.3 Å². The zero-order valence-corrected chi connectivity index (χ0v) is 47.1. The van der Waals surface area contributed by atoms with Crippen molar-refractivity contribution in [1.29, 1.82) is 0 Å². The summed E-state index contributed by atoms with van der Waals surface area (Å²) in [7, 11) is 6.90. The minimum Gasteiger partial charge on any atom is -0.396 e. The van der Waals surface area contributed by atoms with Crippen molar-refractivity contribution in [2.75, 3.05) is 58.6 Å². The molecule has 2 amide bonds. The second kappa shape index (κ2) is 31.3. The molecule has 0 aliphatic carbocycles. The van der Waals surface area contributed by atoms with Crippen LogP contribution in [0.4, 0.5) is 28.9 Å². The van der Waals surface area contributed by atoms with Gasteiger partial charge in [0.1, 0.15) is 22.5 Å². The normalized spacial score (nSPS) is 10.3. The number of nitrogens with zero attached hydrogens (tertiary/aromatic N) is 8. The van der Waals surface area contributed by atoms with E-state index >= 15 is 0 Å². The van der Waals surface area contributed by atoms with E-state index in [1.165, 1.54) is 31.9 Å². The Labute approximate surface area is 495 Å². The number of carbonyl (C=O) groups excluding carboxylic acids is 3. The molecule has 0 aliphatic rings. The van der Waals surface area contributed by atoms with Gasteiger partial charge in [0.05, 0.1) is 92.4 Å². The Kier molecular flexibility index (Phi) is 24.4. The number of imidazole rings is 1. The van der Waals surface area contributed by atoms with Crippen molar-refractivity contribution in [1.82, 2.24) is 49.3 Å². The van der Waals surface area contributed by atoms with Gasteiger partial charge in [-0.2, -0.15) is 0 Å². The first-order chi connectivity index (χ1) is 39.5. The third kappa shape index (κ3) is 16.9. The van der Waals surface area contributed by atoms with E-state index in [-0.39, 0.29) is 68.5 Å². The summed E-state index contributed by atoms with van der Waals surface area (Å²) in [4.78, 5) is 81.8. The van der Waals surface area contributed by atoms with E-state index in [1.54, 1.807) is 32.6 Å². The molecule has 5 heterocycles. The third-order valence-electron chi connectivity index (χ3n) is 12.1. The number of pyridine rings is 2. The number of fused-ring (bicyclic) bond motifs is 4. The van der Waals surface area contributed by atoms with Crippen molar-refractivity contribution in [3.8, 4) is 23.7 Å². The Bertz CT molecular complexity index is 4120. The predicted octanol–water partition coefficient (Wildman–Crippen LogP) is 6.92. The Morgan fingerprint density at radius 3 is 1.64 bits per heavy atom. The fourth-order valence-corrected chi connectivity index (χ4v) is 8.10. The van der Waals surface area contributed by atoms with Crippen LogP contribution in [-0.2, 0) is 59.4 Å². The summed E-state index contributed by atoms with van der Waals surface area (Å²) in [6, 6.07) is 17.8. The Morgan fingerprint density at radius 1 is 0.667 bits per heavy atom. The first kappa shape index (κ1) is 65.6. The standard InChI is InChI=1S/C29H24F2N6O3.C25H20F2N6O2.C4H7ClO2.CH4.V/c1-36-26(9-11-40-2)35-25-15-34-24-8-6-18(12-20(24)27(25)36)4-3-10-33-28(38)21-14-32-17-37(29(21)39)16-19-5-7-22(30)23(31)13-19;1-29-23-17-9-15(5-7-22(17)32-12-21(23)28)3-2-8-31-24(34)18-11-30-14-33(25(18)35)13-16-4-6-19(26)20(27)10-16;1-7-3-2-4(5)6;;/h5-8,12-15,17H,9-11,16H2,1-2H3,(H,33,38);4-7,9-12,14H,8,13,28H2,1H3,(H,29,32)(H,31,34);2-3H2,1H3;1H4;. The molecule has 5 N–H and O–H groups in total. The second-order valence-corrected chi connectivity index (χ2v) is 18.1. The van der Waals surface area contributed by atoms with Crippen LogP contribution in [-0.4, -0.2) is 103 Å². The van der Waals surface area contributed by atoms with Crippen molar-refractivity contribution >= 4 is 72.9 Å². The van der Waals surface area contributed by atoms with Crippen LogP contribution in [0, 0.1) is 47.0 Å². The molecule has 0 unspecified atom stereocenters.